The average molecular weight is 220 g/mol. The zero-order valence-electron chi connectivity index (χ0n) is 9.24. The van der Waals surface area contributed by atoms with Crippen LogP contribution in [0.3, 0.4) is 0 Å². The van der Waals surface area contributed by atoms with Gasteiger partial charge in [-0.05, 0) is 31.4 Å². The van der Waals surface area contributed by atoms with Gasteiger partial charge >= 0.3 is 0 Å². The van der Waals surface area contributed by atoms with E-state index in [0.717, 1.165) is 25.9 Å². The minimum atomic E-state index is -0.124. The fraction of sp³-hybridized carbons (Fsp3) is 0.500. The highest BCUT2D eigenvalue weighted by Gasteiger charge is 2.20. The summed E-state index contributed by atoms with van der Waals surface area (Å²) in [4.78, 5) is 28.1. The summed E-state index contributed by atoms with van der Waals surface area (Å²) in [6.07, 6.45) is 4.98. The van der Waals surface area contributed by atoms with Crippen LogP contribution in [-0.4, -0.2) is 34.7 Å². The number of amides is 1. The standard InChI is InChI=1S/C12H16N2O2/c15-11(10-5-4-6-13-10)9-12(16)14-7-2-1-3-8-14/h4-6,13H,1-3,7-9H2. The maximum absolute atomic E-state index is 11.8. The molecule has 0 spiro atoms. The molecule has 1 amide bonds. The first-order chi connectivity index (χ1) is 7.77. The number of ketones is 1. The van der Waals surface area contributed by atoms with Gasteiger partial charge in [-0.25, -0.2) is 0 Å². The molecular weight excluding hydrogens is 204 g/mol. The van der Waals surface area contributed by atoms with Crippen molar-refractivity contribution in [3.63, 3.8) is 0 Å². The first-order valence-corrected chi connectivity index (χ1v) is 5.72. The van der Waals surface area contributed by atoms with Gasteiger partial charge < -0.3 is 9.88 Å². The van der Waals surface area contributed by atoms with Crippen molar-refractivity contribution in [2.45, 2.75) is 25.7 Å². The van der Waals surface area contributed by atoms with Crippen LogP contribution < -0.4 is 0 Å². The number of hydrogen-bond acceptors (Lipinski definition) is 2. The largest absolute Gasteiger partial charge is 0.359 e. The predicted molar refractivity (Wildman–Crippen MR) is 60.2 cm³/mol. The van der Waals surface area contributed by atoms with Crippen molar-refractivity contribution >= 4 is 11.7 Å². The number of hydrogen-bond donors (Lipinski definition) is 1. The number of Topliss-reactive ketones (excluding diaryl/α,β-unsaturated/α-hetero) is 1. The first kappa shape index (κ1) is 10.9. The summed E-state index contributed by atoms with van der Waals surface area (Å²) < 4.78 is 0. The molecule has 0 aromatic carbocycles. The molecule has 1 aromatic heterocycles. The summed E-state index contributed by atoms with van der Waals surface area (Å²) in [5, 5.41) is 0. The van der Waals surface area contributed by atoms with E-state index < -0.39 is 0 Å². The lowest BCUT2D eigenvalue weighted by Crippen LogP contribution is -2.36. The molecule has 16 heavy (non-hydrogen) atoms. The van der Waals surface area contributed by atoms with Gasteiger partial charge in [0.25, 0.3) is 0 Å². The molecule has 2 rings (SSSR count). The number of nitrogens with one attached hydrogen (secondary N) is 1. The van der Waals surface area contributed by atoms with Crippen LogP contribution in [0.4, 0.5) is 0 Å². The van der Waals surface area contributed by atoms with Gasteiger partial charge in [0.2, 0.25) is 5.91 Å². The molecule has 4 heteroatoms. The lowest BCUT2D eigenvalue weighted by atomic mass is 10.1. The van der Waals surface area contributed by atoms with Gasteiger partial charge in [-0.2, -0.15) is 0 Å². The maximum Gasteiger partial charge on any atom is 0.230 e. The Balaban J connectivity index is 1.89. The van der Waals surface area contributed by atoms with Crippen LogP contribution in [-0.2, 0) is 4.79 Å². The van der Waals surface area contributed by atoms with Crippen molar-refractivity contribution in [2.24, 2.45) is 0 Å². The van der Waals surface area contributed by atoms with Crippen molar-refractivity contribution in [3.8, 4) is 0 Å². The number of piperidine rings is 1. The van der Waals surface area contributed by atoms with E-state index in [2.05, 4.69) is 4.98 Å². The van der Waals surface area contributed by atoms with Crippen molar-refractivity contribution < 1.29 is 9.59 Å². The predicted octanol–water partition coefficient (Wildman–Crippen LogP) is 1.60. The van der Waals surface area contributed by atoms with Gasteiger partial charge in [0.05, 0.1) is 12.1 Å². The Bertz CT molecular complexity index is 364. The van der Waals surface area contributed by atoms with E-state index in [9.17, 15) is 9.59 Å². The molecule has 0 bridgehead atoms. The lowest BCUT2D eigenvalue weighted by Gasteiger charge is -2.26. The van der Waals surface area contributed by atoms with Crippen LogP contribution in [0.2, 0.25) is 0 Å². The van der Waals surface area contributed by atoms with Gasteiger partial charge in [-0.3, -0.25) is 9.59 Å². The van der Waals surface area contributed by atoms with E-state index in [1.807, 2.05) is 0 Å². The minimum Gasteiger partial charge on any atom is -0.359 e. The third-order valence-corrected chi connectivity index (χ3v) is 2.92. The average Bonchev–Trinajstić information content (AvgIpc) is 2.83. The normalized spacial score (nSPS) is 16.1. The Labute approximate surface area is 94.6 Å². The van der Waals surface area contributed by atoms with Crippen molar-refractivity contribution in [1.29, 1.82) is 0 Å². The molecule has 1 aliphatic heterocycles. The molecule has 4 nitrogen and oxygen atoms in total. The number of aromatic nitrogens is 1. The number of rotatable bonds is 3. The molecule has 1 fully saturated rings. The molecule has 0 saturated carbocycles. The SMILES string of the molecule is O=C(CC(=O)N1CCCCC1)c1ccc[nH]1. The molecule has 0 radical (unpaired) electrons. The quantitative estimate of drug-likeness (QED) is 0.621. The number of aromatic amines is 1. The molecule has 1 aliphatic rings. The molecular formula is C12H16N2O2. The summed E-state index contributed by atoms with van der Waals surface area (Å²) in [6, 6.07) is 3.46. The molecule has 1 aromatic rings. The van der Waals surface area contributed by atoms with Gasteiger partial charge in [-0.15, -0.1) is 0 Å². The lowest BCUT2D eigenvalue weighted by molar-refractivity contribution is -0.131. The zero-order chi connectivity index (χ0) is 11.4. The molecule has 86 valence electrons. The third-order valence-electron chi connectivity index (χ3n) is 2.92. The molecule has 1 N–H and O–H groups in total. The number of carbonyl (C=O) groups is 2. The summed E-state index contributed by atoms with van der Waals surface area (Å²) in [5.74, 6) is -0.167. The molecule has 0 aliphatic carbocycles. The third kappa shape index (κ3) is 2.51. The highest BCUT2D eigenvalue weighted by Crippen LogP contribution is 2.11. The maximum atomic E-state index is 11.8. The first-order valence-electron chi connectivity index (χ1n) is 5.72. The van der Waals surface area contributed by atoms with Crippen molar-refractivity contribution in [3.05, 3.63) is 24.0 Å². The Kier molecular flexibility index (Phi) is 3.39. The Hall–Kier alpha value is -1.58. The van der Waals surface area contributed by atoms with Gasteiger partial charge in [0.15, 0.2) is 5.78 Å². The number of H-pyrrole nitrogens is 1. The van der Waals surface area contributed by atoms with E-state index in [-0.39, 0.29) is 18.1 Å². The second kappa shape index (κ2) is 4.96. The Morgan fingerprint density at radius 3 is 2.62 bits per heavy atom. The van der Waals surface area contributed by atoms with Gasteiger partial charge in [0, 0.05) is 19.3 Å². The molecule has 0 atom stereocenters. The van der Waals surface area contributed by atoms with Crippen LogP contribution in [0, 0.1) is 0 Å². The Morgan fingerprint density at radius 2 is 2.00 bits per heavy atom. The van der Waals surface area contributed by atoms with E-state index in [1.54, 1.807) is 23.2 Å². The molecule has 2 heterocycles. The van der Waals surface area contributed by atoms with Crippen LogP contribution in [0.15, 0.2) is 18.3 Å². The van der Waals surface area contributed by atoms with Crippen LogP contribution in [0.1, 0.15) is 36.2 Å². The van der Waals surface area contributed by atoms with E-state index in [0.29, 0.717) is 5.69 Å². The smallest absolute Gasteiger partial charge is 0.230 e. The number of likely N-dealkylation sites (tertiary alicyclic amines) is 1. The molecule has 0 unspecified atom stereocenters. The van der Waals surface area contributed by atoms with Crippen LogP contribution >= 0.6 is 0 Å². The summed E-state index contributed by atoms with van der Waals surface area (Å²) in [6.45, 7) is 1.60. The monoisotopic (exact) mass is 220 g/mol. The van der Waals surface area contributed by atoms with E-state index in [1.165, 1.54) is 6.42 Å². The summed E-state index contributed by atoms with van der Waals surface area (Å²) >= 11 is 0. The topological polar surface area (TPSA) is 53.2 Å². The fourth-order valence-electron chi connectivity index (χ4n) is 1.99. The van der Waals surface area contributed by atoms with Crippen molar-refractivity contribution in [1.82, 2.24) is 9.88 Å². The fourth-order valence-corrected chi connectivity index (χ4v) is 1.99. The summed E-state index contributed by atoms with van der Waals surface area (Å²) in [5.41, 5.74) is 0.519. The second-order valence-electron chi connectivity index (χ2n) is 4.13. The van der Waals surface area contributed by atoms with Gasteiger partial charge in [-0.1, -0.05) is 0 Å². The minimum absolute atomic E-state index is 0.0134. The van der Waals surface area contributed by atoms with Crippen LogP contribution in [0.5, 0.6) is 0 Å². The second-order valence-corrected chi connectivity index (χ2v) is 4.13. The highest BCUT2D eigenvalue weighted by molar-refractivity contribution is 6.06. The summed E-state index contributed by atoms with van der Waals surface area (Å²) in [7, 11) is 0. The van der Waals surface area contributed by atoms with E-state index in [4.69, 9.17) is 0 Å². The molecule has 1 saturated heterocycles. The van der Waals surface area contributed by atoms with Crippen LogP contribution in [0.25, 0.3) is 0 Å². The van der Waals surface area contributed by atoms with Crippen molar-refractivity contribution in [2.75, 3.05) is 13.1 Å². The van der Waals surface area contributed by atoms with E-state index >= 15 is 0 Å². The highest BCUT2D eigenvalue weighted by atomic mass is 16.2. The zero-order valence-corrected chi connectivity index (χ0v) is 9.24. The van der Waals surface area contributed by atoms with Gasteiger partial charge in [0.1, 0.15) is 0 Å². The number of carbonyl (C=O) groups excluding carboxylic acids is 2. The number of nitrogens with zero attached hydrogens (tertiary/aromatic N) is 1. The Morgan fingerprint density at radius 1 is 1.25 bits per heavy atom.